The van der Waals surface area contributed by atoms with Crippen molar-refractivity contribution in [3.05, 3.63) is 57.9 Å². The minimum absolute atomic E-state index is 0.0146. The van der Waals surface area contributed by atoms with Crippen molar-refractivity contribution in [2.24, 2.45) is 0 Å². The molecule has 0 radical (unpaired) electrons. The van der Waals surface area contributed by atoms with Crippen molar-refractivity contribution >= 4 is 17.7 Å². The minimum Gasteiger partial charge on any atom is -0.462 e. The molecule has 0 amide bonds. The zero-order valence-electron chi connectivity index (χ0n) is 18.1. The number of hydrogen-bond donors (Lipinski definition) is 1. The van der Waals surface area contributed by atoms with E-state index in [1.165, 1.54) is 6.92 Å². The van der Waals surface area contributed by atoms with Gasteiger partial charge in [-0.2, -0.15) is 0 Å². The molecule has 1 heterocycles. The van der Waals surface area contributed by atoms with Gasteiger partial charge < -0.3 is 14.5 Å². The number of aromatic nitrogens is 1. The number of aryl methyl sites for hydroxylation is 1. The first-order chi connectivity index (χ1) is 13.5. The highest BCUT2D eigenvalue weighted by Gasteiger charge is 2.27. The van der Waals surface area contributed by atoms with Crippen LogP contribution < -0.4 is 0 Å². The Kier molecular flexibility index (Phi) is 6.67. The van der Waals surface area contributed by atoms with Crippen molar-refractivity contribution in [1.82, 2.24) is 4.98 Å². The Labute approximate surface area is 171 Å². The Bertz CT molecular complexity index is 916. The second-order valence-corrected chi connectivity index (χ2v) is 8.08. The maximum absolute atomic E-state index is 12.7. The number of aromatic amines is 1. The topological polar surface area (TPSA) is 85.5 Å². The second kappa shape index (κ2) is 8.64. The fourth-order valence-corrected chi connectivity index (χ4v) is 3.11. The molecule has 0 aliphatic heterocycles. The van der Waals surface area contributed by atoms with Crippen molar-refractivity contribution < 1.29 is 23.9 Å². The lowest BCUT2D eigenvalue weighted by Crippen LogP contribution is -2.25. The lowest BCUT2D eigenvalue weighted by molar-refractivity contribution is 0.0313. The predicted molar refractivity (Wildman–Crippen MR) is 111 cm³/mol. The van der Waals surface area contributed by atoms with Gasteiger partial charge >= 0.3 is 11.9 Å². The first-order valence-corrected chi connectivity index (χ1v) is 9.69. The van der Waals surface area contributed by atoms with E-state index in [1.807, 2.05) is 12.1 Å². The smallest absolute Gasteiger partial charge is 0.355 e. The van der Waals surface area contributed by atoms with E-state index in [0.29, 0.717) is 22.4 Å². The summed E-state index contributed by atoms with van der Waals surface area (Å²) in [5.74, 6) is -1.47. The molecule has 6 heteroatoms. The third-order valence-electron chi connectivity index (χ3n) is 4.81. The van der Waals surface area contributed by atoms with Crippen LogP contribution in [0.4, 0.5) is 0 Å². The summed E-state index contributed by atoms with van der Waals surface area (Å²) < 4.78 is 10.4. The largest absolute Gasteiger partial charge is 0.462 e. The van der Waals surface area contributed by atoms with Gasteiger partial charge in [0, 0.05) is 11.3 Å². The number of Topliss-reactive ketones (excluding diaryl/α,β-unsaturated/α-hetero) is 1. The summed E-state index contributed by atoms with van der Waals surface area (Å²) in [5, 5.41) is 0. The number of ketones is 1. The van der Waals surface area contributed by atoms with Gasteiger partial charge in [-0.3, -0.25) is 4.79 Å². The van der Waals surface area contributed by atoms with Gasteiger partial charge in [-0.25, -0.2) is 9.59 Å². The van der Waals surface area contributed by atoms with Gasteiger partial charge in [-0.15, -0.1) is 0 Å². The molecule has 1 aromatic heterocycles. The van der Waals surface area contributed by atoms with Crippen LogP contribution in [-0.4, -0.2) is 35.4 Å². The molecule has 1 N–H and O–H groups in total. The van der Waals surface area contributed by atoms with E-state index in [2.05, 4.69) is 25.8 Å². The molecule has 1 atom stereocenters. The van der Waals surface area contributed by atoms with Crippen LogP contribution in [0.3, 0.4) is 0 Å². The van der Waals surface area contributed by atoms with Crippen molar-refractivity contribution in [3.63, 3.8) is 0 Å². The maximum Gasteiger partial charge on any atom is 0.355 e. The molecule has 0 saturated carbocycles. The summed E-state index contributed by atoms with van der Waals surface area (Å²) in [6.07, 6.45) is -0.961. The normalized spacial score (nSPS) is 12.4. The first kappa shape index (κ1) is 22.4. The van der Waals surface area contributed by atoms with E-state index in [4.69, 9.17) is 9.47 Å². The van der Waals surface area contributed by atoms with E-state index < -0.39 is 18.0 Å². The van der Waals surface area contributed by atoms with Gasteiger partial charge in [-0.1, -0.05) is 45.0 Å². The van der Waals surface area contributed by atoms with Gasteiger partial charge in [0.15, 0.2) is 6.10 Å². The summed E-state index contributed by atoms with van der Waals surface area (Å²) >= 11 is 0. The third-order valence-corrected chi connectivity index (χ3v) is 4.81. The number of H-pyrrole nitrogens is 1. The molecular formula is C23H29NO5. The Balaban J connectivity index is 2.15. The monoisotopic (exact) mass is 399 g/mol. The summed E-state index contributed by atoms with van der Waals surface area (Å²) in [7, 11) is 0. The van der Waals surface area contributed by atoms with Crippen LogP contribution in [0.5, 0.6) is 0 Å². The van der Waals surface area contributed by atoms with Crippen LogP contribution in [0.1, 0.15) is 82.6 Å². The molecule has 156 valence electrons. The Hall–Kier alpha value is -2.89. The molecule has 29 heavy (non-hydrogen) atoms. The number of benzene rings is 1. The molecule has 0 aliphatic rings. The van der Waals surface area contributed by atoms with Crippen molar-refractivity contribution in [2.45, 2.75) is 60.0 Å². The zero-order valence-corrected chi connectivity index (χ0v) is 18.1. The SMILES string of the molecule is CCOC(=O)c1c(C)[nH]c(C(=O)O[C@H](C)C(=O)c2ccc(C(C)(C)C)cc2)c1C. The lowest BCUT2D eigenvalue weighted by atomic mass is 9.86. The van der Waals surface area contributed by atoms with E-state index in [-0.39, 0.29) is 23.5 Å². The maximum atomic E-state index is 12.7. The Morgan fingerprint density at radius 2 is 1.62 bits per heavy atom. The quantitative estimate of drug-likeness (QED) is 0.570. The predicted octanol–water partition coefficient (Wildman–Crippen LogP) is 4.53. The fourth-order valence-electron chi connectivity index (χ4n) is 3.11. The average molecular weight is 399 g/mol. The number of esters is 2. The van der Waals surface area contributed by atoms with E-state index >= 15 is 0 Å². The molecular weight excluding hydrogens is 370 g/mol. The van der Waals surface area contributed by atoms with Crippen LogP contribution >= 0.6 is 0 Å². The van der Waals surface area contributed by atoms with Crippen LogP contribution in [0, 0.1) is 13.8 Å². The van der Waals surface area contributed by atoms with E-state index in [1.54, 1.807) is 32.9 Å². The third kappa shape index (κ3) is 4.94. The number of nitrogens with one attached hydrogen (secondary N) is 1. The molecule has 2 rings (SSSR count). The zero-order chi connectivity index (χ0) is 21.9. The van der Waals surface area contributed by atoms with Gasteiger partial charge in [0.05, 0.1) is 12.2 Å². The number of ether oxygens (including phenoxy) is 2. The van der Waals surface area contributed by atoms with Crippen molar-refractivity contribution in [3.8, 4) is 0 Å². The van der Waals surface area contributed by atoms with Gasteiger partial charge in [0.2, 0.25) is 5.78 Å². The molecule has 0 spiro atoms. The fraction of sp³-hybridized carbons (Fsp3) is 0.435. The molecule has 6 nitrogen and oxygen atoms in total. The highest BCUT2D eigenvalue weighted by Crippen LogP contribution is 2.23. The van der Waals surface area contributed by atoms with Crippen molar-refractivity contribution in [2.75, 3.05) is 6.61 Å². The van der Waals surface area contributed by atoms with Crippen LogP contribution in [-0.2, 0) is 14.9 Å². The van der Waals surface area contributed by atoms with Crippen LogP contribution in [0.25, 0.3) is 0 Å². The standard InChI is InChI=1S/C23H29NO5/c1-8-28-21(26)18-13(2)19(24-14(18)3)22(27)29-15(4)20(25)16-9-11-17(12-10-16)23(5,6)7/h9-12,15,24H,8H2,1-7H3/t15-/m1/s1. The van der Waals surface area contributed by atoms with Gasteiger partial charge in [0.25, 0.3) is 0 Å². The molecule has 0 fully saturated rings. The number of carbonyl (C=O) groups excluding carboxylic acids is 3. The molecule has 2 aromatic rings. The summed E-state index contributed by atoms with van der Waals surface area (Å²) in [5.41, 5.74) is 3.00. The van der Waals surface area contributed by atoms with Gasteiger partial charge in [-0.05, 0) is 44.2 Å². The highest BCUT2D eigenvalue weighted by molar-refractivity contribution is 6.02. The highest BCUT2D eigenvalue weighted by atomic mass is 16.5. The molecule has 1 aromatic carbocycles. The summed E-state index contributed by atoms with van der Waals surface area (Å²) in [6, 6.07) is 7.31. The van der Waals surface area contributed by atoms with E-state index in [0.717, 1.165) is 5.56 Å². The minimum atomic E-state index is -0.961. The number of carbonyl (C=O) groups is 3. The second-order valence-electron chi connectivity index (χ2n) is 8.08. The molecule has 0 unspecified atom stereocenters. The van der Waals surface area contributed by atoms with Gasteiger partial charge in [0.1, 0.15) is 5.69 Å². The Morgan fingerprint density at radius 3 is 2.14 bits per heavy atom. The molecule has 0 bridgehead atoms. The summed E-state index contributed by atoms with van der Waals surface area (Å²) in [6.45, 7) is 13.1. The number of hydrogen-bond acceptors (Lipinski definition) is 5. The van der Waals surface area contributed by atoms with E-state index in [9.17, 15) is 14.4 Å². The molecule has 0 saturated heterocycles. The summed E-state index contributed by atoms with van der Waals surface area (Å²) in [4.78, 5) is 40.2. The van der Waals surface area contributed by atoms with Crippen LogP contribution in [0.15, 0.2) is 24.3 Å². The van der Waals surface area contributed by atoms with Crippen molar-refractivity contribution in [1.29, 1.82) is 0 Å². The lowest BCUT2D eigenvalue weighted by Gasteiger charge is -2.19. The average Bonchev–Trinajstić information content (AvgIpc) is 2.95. The number of rotatable bonds is 6. The first-order valence-electron chi connectivity index (χ1n) is 9.69. The van der Waals surface area contributed by atoms with Crippen LogP contribution in [0.2, 0.25) is 0 Å². The molecule has 0 aliphatic carbocycles. The Morgan fingerprint density at radius 1 is 1.03 bits per heavy atom.